The van der Waals surface area contributed by atoms with Gasteiger partial charge in [-0.1, -0.05) is 35.4 Å². The molecule has 0 saturated carbocycles. The molecule has 2 aromatic carbocycles. The Morgan fingerprint density at radius 3 is 2.59 bits per heavy atom. The van der Waals surface area contributed by atoms with E-state index in [9.17, 15) is 0 Å². The lowest BCUT2D eigenvalue weighted by Crippen LogP contribution is -1.95. The zero-order chi connectivity index (χ0) is 15.5. The highest BCUT2D eigenvalue weighted by Gasteiger charge is 2.03. The van der Waals surface area contributed by atoms with Gasteiger partial charge in [0.2, 0.25) is 0 Å². The predicted molar refractivity (Wildman–Crippen MR) is 93.9 cm³/mol. The molecular formula is C18H16ClN3. The average Bonchev–Trinajstić information content (AvgIpc) is 2.50. The number of halogens is 1. The van der Waals surface area contributed by atoms with Gasteiger partial charge in [0, 0.05) is 16.1 Å². The fraction of sp³-hybridized carbons (Fsp3) is 0.111. The van der Waals surface area contributed by atoms with Gasteiger partial charge in [-0.05, 0) is 49.7 Å². The van der Waals surface area contributed by atoms with Crippen molar-refractivity contribution in [2.24, 2.45) is 5.10 Å². The molecule has 0 aliphatic heterocycles. The quantitative estimate of drug-likeness (QED) is 0.549. The lowest BCUT2D eigenvalue weighted by Gasteiger charge is -2.08. The van der Waals surface area contributed by atoms with Crippen LogP contribution in [0.2, 0.25) is 5.02 Å². The molecule has 1 aromatic heterocycles. The van der Waals surface area contributed by atoms with Crippen molar-refractivity contribution in [3.05, 3.63) is 70.4 Å². The van der Waals surface area contributed by atoms with Crippen LogP contribution in [0.15, 0.2) is 53.6 Å². The Kier molecular flexibility index (Phi) is 4.07. The molecule has 0 unspecified atom stereocenters. The normalized spacial score (nSPS) is 11.2. The van der Waals surface area contributed by atoms with Crippen LogP contribution in [-0.2, 0) is 0 Å². The predicted octanol–water partition coefficient (Wildman–Crippen LogP) is 4.95. The summed E-state index contributed by atoms with van der Waals surface area (Å²) in [6.07, 6.45) is 1.77. The van der Waals surface area contributed by atoms with Crippen molar-refractivity contribution in [1.82, 2.24) is 4.98 Å². The Balaban J connectivity index is 1.90. The molecule has 0 amide bonds. The molecule has 0 bridgehead atoms. The summed E-state index contributed by atoms with van der Waals surface area (Å²) >= 11 is 5.87. The third kappa shape index (κ3) is 3.26. The molecule has 0 spiro atoms. The summed E-state index contributed by atoms with van der Waals surface area (Å²) in [6.45, 7) is 4.05. The number of hydrogen-bond acceptors (Lipinski definition) is 3. The first-order valence-electron chi connectivity index (χ1n) is 7.04. The first-order valence-corrected chi connectivity index (χ1v) is 7.42. The average molecular weight is 310 g/mol. The summed E-state index contributed by atoms with van der Waals surface area (Å²) in [6, 6.07) is 15.8. The van der Waals surface area contributed by atoms with Gasteiger partial charge in [0.25, 0.3) is 0 Å². The zero-order valence-electron chi connectivity index (χ0n) is 12.5. The second kappa shape index (κ2) is 6.16. The summed E-state index contributed by atoms with van der Waals surface area (Å²) in [5.41, 5.74) is 8.18. The number of aromatic nitrogens is 1. The van der Waals surface area contributed by atoms with Gasteiger partial charge >= 0.3 is 0 Å². The minimum atomic E-state index is 0.719. The molecule has 0 atom stereocenters. The van der Waals surface area contributed by atoms with E-state index in [0.29, 0.717) is 0 Å². The van der Waals surface area contributed by atoms with E-state index in [0.717, 1.165) is 32.9 Å². The minimum absolute atomic E-state index is 0.719. The van der Waals surface area contributed by atoms with Crippen molar-refractivity contribution in [3.63, 3.8) is 0 Å². The van der Waals surface area contributed by atoms with Crippen LogP contribution in [0.25, 0.3) is 10.9 Å². The summed E-state index contributed by atoms with van der Waals surface area (Å²) < 4.78 is 0. The van der Waals surface area contributed by atoms with Crippen LogP contribution in [0.4, 0.5) is 5.69 Å². The number of rotatable bonds is 3. The Labute approximate surface area is 134 Å². The number of pyridine rings is 1. The number of nitrogens with one attached hydrogen (secondary N) is 1. The summed E-state index contributed by atoms with van der Waals surface area (Å²) in [5.74, 6) is 0. The van der Waals surface area contributed by atoms with E-state index in [1.807, 2.05) is 43.3 Å². The maximum absolute atomic E-state index is 5.87. The van der Waals surface area contributed by atoms with Crippen molar-refractivity contribution in [1.29, 1.82) is 0 Å². The maximum Gasteiger partial charge on any atom is 0.0726 e. The van der Waals surface area contributed by atoms with Crippen molar-refractivity contribution in [2.75, 3.05) is 5.43 Å². The molecule has 0 aliphatic rings. The molecule has 3 aromatic rings. The Morgan fingerprint density at radius 2 is 1.82 bits per heavy atom. The summed E-state index contributed by atoms with van der Waals surface area (Å²) in [4.78, 5) is 4.55. The van der Waals surface area contributed by atoms with E-state index >= 15 is 0 Å². The van der Waals surface area contributed by atoms with Crippen LogP contribution < -0.4 is 5.43 Å². The number of fused-ring (bicyclic) bond motifs is 1. The Morgan fingerprint density at radius 1 is 1.05 bits per heavy atom. The number of benzene rings is 2. The van der Waals surface area contributed by atoms with Crippen molar-refractivity contribution >= 4 is 34.4 Å². The van der Waals surface area contributed by atoms with Gasteiger partial charge in [0.1, 0.15) is 0 Å². The van der Waals surface area contributed by atoms with Gasteiger partial charge in [-0.2, -0.15) is 5.10 Å². The van der Waals surface area contributed by atoms with Crippen LogP contribution in [0.3, 0.4) is 0 Å². The Bertz CT molecular complexity index is 839. The molecule has 3 nitrogen and oxygen atoms in total. The highest BCUT2D eigenvalue weighted by atomic mass is 35.5. The number of aryl methyl sites for hydroxylation is 2. The summed E-state index contributed by atoms with van der Waals surface area (Å²) in [7, 11) is 0. The van der Waals surface area contributed by atoms with Gasteiger partial charge in [-0.3, -0.25) is 10.4 Å². The molecule has 4 heteroatoms. The maximum atomic E-state index is 5.87. The minimum Gasteiger partial charge on any atom is -0.278 e. The highest BCUT2D eigenvalue weighted by molar-refractivity contribution is 6.30. The highest BCUT2D eigenvalue weighted by Crippen LogP contribution is 2.24. The number of hydrogen-bond donors (Lipinski definition) is 1. The Hall–Kier alpha value is -2.39. The molecule has 0 saturated heterocycles. The first-order chi connectivity index (χ1) is 10.6. The van der Waals surface area contributed by atoms with Gasteiger partial charge in [-0.15, -0.1) is 0 Å². The van der Waals surface area contributed by atoms with Crippen LogP contribution in [-0.4, -0.2) is 11.2 Å². The zero-order valence-corrected chi connectivity index (χ0v) is 13.2. The molecule has 3 rings (SSSR count). The molecular weight excluding hydrogens is 294 g/mol. The van der Waals surface area contributed by atoms with E-state index < -0.39 is 0 Å². The van der Waals surface area contributed by atoms with Crippen LogP contribution >= 0.6 is 11.6 Å². The lowest BCUT2D eigenvalue weighted by atomic mass is 10.1. The van der Waals surface area contributed by atoms with Crippen molar-refractivity contribution < 1.29 is 0 Å². The van der Waals surface area contributed by atoms with Crippen molar-refractivity contribution in [3.8, 4) is 0 Å². The monoisotopic (exact) mass is 309 g/mol. The fourth-order valence-electron chi connectivity index (χ4n) is 2.29. The van der Waals surface area contributed by atoms with Gasteiger partial charge < -0.3 is 0 Å². The van der Waals surface area contributed by atoms with E-state index in [-0.39, 0.29) is 0 Å². The fourth-order valence-corrected chi connectivity index (χ4v) is 2.42. The number of hydrazone groups is 1. The molecule has 110 valence electrons. The van der Waals surface area contributed by atoms with Crippen LogP contribution in [0.5, 0.6) is 0 Å². The van der Waals surface area contributed by atoms with Crippen LogP contribution in [0, 0.1) is 13.8 Å². The molecule has 1 heterocycles. The SMILES string of the molecule is Cc1ccc2nc(C)cc(N/N=C\c3ccc(Cl)cc3)c2c1. The molecule has 0 radical (unpaired) electrons. The van der Waals surface area contributed by atoms with Gasteiger partial charge in [0.15, 0.2) is 0 Å². The largest absolute Gasteiger partial charge is 0.278 e. The number of nitrogens with zero attached hydrogens (tertiary/aromatic N) is 2. The van der Waals surface area contributed by atoms with Gasteiger partial charge in [0.05, 0.1) is 17.4 Å². The van der Waals surface area contributed by atoms with E-state index in [1.165, 1.54) is 5.56 Å². The topological polar surface area (TPSA) is 37.3 Å². The number of anilines is 1. The van der Waals surface area contributed by atoms with Crippen LogP contribution in [0.1, 0.15) is 16.8 Å². The standard InChI is InChI=1S/C18H16ClN3/c1-12-3-8-17-16(9-12)18(10-13(2)21-17)22-20-11-14-4-6-15(19)7-5-14/h3-11H,1-2H3,(H,21,22)/b20-11-. The first kappa shape index (κ1) is 14.5. The lowest BCUT2D eigenvalue weighted by molar-refractivity contribution is 1.24. The van der Waals surface area contributed by atoms with Crippen molar-refractivity contribution in [2.45, 2.75) is 13.8 Å². The molecule has 0 aliphatic carbocycles. The smallest absolute Gasteiger partial charge is 0.0726 e. The third-order valence-electron chi connectivity index (χ3n) is 3.36. The van der Waals surface area contributed by atoms with E-state index in [4.69, 9.17) is 11.6 Å². The molecule has 22 heavy (non-hydrogen) atoms. The molecule has 0 fully saturated rings. The summed E-state index contributed by atoms with van der Waals surface area (Å²) in [5, 5.41) is 6.10. The second-order valence-electron chi connectivity index (χ2n) is 5.25. The second-order valence-corrected chi connectivity index (χ2v) is 5.69. The van der Waals surface area contributed by atoms with E-state index in [1.54, 1.807) is 6.21 Å². The van der Waals surface area contributed by atoms with E-state index in [2.05, 4.69) is 34.6 Å². The third-order valence-corrected chi connectivity index (χ3v) is 3.61. The van der Waals surface area contributed by atoms with Gasteiger partial charge in [-0.25, -0.2) is 0 Å². The molecule has 1 N–H and O–H groups in total.